The van der Waals surface area contributed by atoms with Crippen molar-refractivity contribution in [3.63, 3.8) is 0 Å². The van der Waals surface area contributed by atoms with Crippen LogP contribution in [0.3, 0.4) is 0 Å². The summed E-state index contributed by atoms with van der Waals surface area (Å²) in [4.78, 5) is 18.8. The van der Waals surface area contributed by atoms with E-state index in [1.54, 1.807) is 6.92 Å². The highest BCUT2D eigenvalue weighted by Crippen LogP contribution is 2.10. The molecule has 1 heterocycles. The highest BCUT2D eigenvalue weighted by Gasteiger charge is 2.14. The molecule has 5 nitrogen and oxygen atoms in total. The van der Waals surface area contributed by atoms with E-state index in [0.29, 0.717) is 24.4 Å². The van der Waals surface area contributed by atoms with Gasteiger partial charge in [0.15, 0.2) is 0 Å². The van der Waals surface area contributed by atoms with Gasteiger partial charge in [0.25, 0.3) is 5.56 Å². The fourth-order valence-electron chi connectivity index (χ4n) is 1.80. The topological polar surface area (TPSA) is 78.0 Å². The van der Waals surface area contributed by atoms with Crippen LogP contribution >= 0.6 is 0 Å². The average molecular weight is 239 g/mol. The zero-order valence-corrected chi connectivity index (χ0v) is 10.9. The quantitative estimate of drug-likeness (QED) is 0.710. The maximum Gasteiger partial charge on any atom is 0.255 e. The summed E-state index contributed by atoms with van der Waals surface area (Å²) in [5.41, 5.74) is 1.26. The van der Waals surface area contributed by atoms with Gasteiger partial charge < -0.3 is 15.4 Å². The molecule has 0 saturated heterocycles. The van der Waals surface area contributed by atoms with Gasteiger partial charge in [-0.2, -0.15) is 0 Å². The predicted molar refractivity (Wildman–Crippen MR) is 67.0 cm³/mol. The van der Waals surface area contributed by atoms with Gasteiger partial charge in [-0.25, -0.2) is 4.98 Å². The van der Waals surface area contributed by atoms with Crippen LogP contribution in [0.25, 0.3) is 0 Å². The van der Waals surface area contributed by atoms with Crippen molar-refractivity contribution in [2.24, 2.45) is 0 Å². The number of hydrogen-bond donors (Lipinski definition) is 3. The molecular formula is C12H21N3O2. The number of nitrogens with one attached hydrogen (secondary N) is 2. The van der Waals surface area contributed by atoms with Crippen molar-refractivity contribution >= 4 is 0 Å². The molecule has 1 aromatic heterocycles. The van der Waals surface area contributed by atoms with Crippen LogP contribution in [0.15, 0.2) is 4.79 Å². The minimum absolute atomic E-state index is 0.110. The largest absolute Gasteiger partial charge is 0.392 e. The standard InChI is InChI=1S/C12H21N3O2/c1-5-10(16)6-13-7(2)11-8(3)14-9(4)15-12(11)17/h7,10,13,16H,5-6H2,1-4H3,(H,14,15,17). The SMILES string of the molecule is CCC(O)CNC(C)c1c(C)nc(C)[nH]c1=O. The van der Waals surface area contributed by atoms with Gasteiger partial charge in [-0.3, -0.25) is 4.79 Å². The van der Waals surface area contributed by atoms with Gasteiger partial charge in [-0.05, 0) is 27.2 Å². The van der Waals surface area contributed by atoms with Crippen LogP contribution in [0.4, 0.5) is 0 Å². The number of aryl methyl sites for hydroxylation is 2. The molecule has 2 atom stereocenters. The number of hydrogen-bond acceptors (Lipinski definition) is 4. The van der Waals surface area contributed by atoms with Gasteiger partial charge in [-0.1, -0.05) is 6.92 Å². The van der Waals surface area contributed by atoms with Crippen molar-refractivity contribution in [1.82, 2.24) is 15.3 Å². The summed E-state index contributed by atoms with van der Waals surface area (Å²) < 4.78 is 0. The molecule has 0 aromatic carbocycles. The molecule has 17 heavy (non-hydrogen) atoms. The summed E-state index contributed by atoms with van der Waals surface area (Å²) in [5, 5.41) is 12.6. The van der Waals surface area contributed by atoms with Crippen molar-refractivity contribution in [3.8, 4) is 0 Å². The Kier molecular flexibility index (Phi) is 4.84. The van der Waals surface area contributed by atoms with Gasteiger partial charge in [0.05, 0.1) is 11.7 Å². The van der Waals surface area contributed by atoms with Crippen molar-refractivity contribution in [3.05, 3.63) is 27.4 Å². The molecule has 5 heteroatoms. The Labute approximate surface area is 101 Å². The van der Waals surface area contributed by atoms with Gasteiger partial charge in [0, 0.05) is 18.3 Å². The molecule has 2 unspecified atom stereocenters. The Morgan fingerprint density at radius 1 is 1.47 bits per heavy atom. The summed E-state index contributed by atoms with van der Waals surface area (Å²) in [6.07, 6.45) is 0.316. The van der Waals surface area contributed by atoms with Gasteiger partial charge in [-0.15, -0.1) is 0 Å². The van der Waals surface area contributed by atoms with E-state index in [1.807, 2.05) is 20.8 Å². The van der Waals surface area contributed by atoms with Gasteiger partial charge >= 0.3 is 0 Å². The Balaban J connectivity index is 2.82. The van der Waals surface area contributed by atoms with E-state index in [1.165, 1.54) is 0 Å². The normalized spacial score (nSPS) is 14.6. The van der Waals surface area contributed by atoms with Crippen LogP contribution in [0.1, 0.15) is 43.4 Å². The summed E-state index contributed by atoms with van der Waals surface area (Å²) in [6, 6.07) is -0.118. The molecule has 0 radical (unpaired) electrons. The third-order valence-corrected chi connectivity index (χ3v) is 2.83. The molecule has 96 valence electrons. The Morgan fingerprint density at radius 3 is 2.65 bits per heavy atom. The zero-order valence-electron chi connectivity index (χ0n) is 10.9. The minimum atomic E-state index is -0.379. The number of rotatable bonds is 5. The van der Waals surface area contributed by atoms with Crippen molar-refractivity contribution < 1.29 is 5.11 Å². The molecule has 0 amide bonds. The van der Waals surface area contributed by atoms with E-state index < -0.39 is 0 Å². The van der Waals surface area contributed by atoms with Crippen molar-refractivity contribution in [1.29, 1.82) is 0 Å². The minimum Gasteiger partial charge on any atom is -0.392 e. The second-order valence-electron chi connectivity index (χ2n) is 4.34. The van der Waals surface area contributed by atoms with E-state index in [9.17, 15) is 9.90 Å². The van der Waals surface area contributed by atoms with E-state index >= 15 is 0 Å². The number of aliphatic hydroxyl groups excluding tert-OH is 1. The second kappa shape index (κ2) is 5.93. The molecule has 3 N–H and O–H groups in total. The lowest BCUT2D eigenvalue weighted by Gasteiger charge is -2.17. The van der Waals surface area contributed by atoms with Crippen LogP contribution in [0.2, 0.25) is 0 Å². The fourth-order valence-corrected chi connectivity index (χ4v) is 1.80. The Morgan fingerprint density at radius 2 is 2.12 bits per heavy atom. The highest BCUT2D eigenvalue weighted by molar-refractivity contribution is 5.19. The number of aromatic amines is 1. The van der Waals surface area contributed by atoms with Crippen molar-refractivity contribution in [2.45, 2.75) is 46.3 Å². The molecule has 0 saturated carbocycles. The van der Waals surface area contributed by atoms with E-state index in [-0.39, 0.29) is 17.7 Å². The molecule has 0 aliphatic carbocycles. The number of nitrogens with zero attached hydrogens (tertiary/aromatic N) is 1. The Hall–Kier alpha value is -1.20. The molecule has 0 aliphatic heterocycles. The summed E-state index contributed by atoms with van der Waals surface area (Å²) >= 11 is 0. The smallest absolute Gasteiger partial charge is 0.255 e. The van der Waals surface area contributed by atoms with Gasteiger partial charge in [0.2, 0.25) is 0 Å². The highest BCUT2D eigenvalue weighted by atomic mass is 16.3. The molecule has 0 fully saturated rings. The summed E-state index contributed by atoms with van der Waals surface area (Å²) in [5.74, 6) is 0.622. The van der Waals surface area contributed by atoms with Crippen LogP contribution in [0.5, 0.6) is 0 Å². The molecule has 1 rings (SSSR count). The molecule has 1 aromatic rings. The van der Waals surface area contributed by atoms with Crippen LogP contribution in [0, 0.1) is 13.8 Å². The maximum absolute atomic E-state index is 11.8. The lowest BCUT2D eigenvalue weighted by molar-refractivity contribution is 0.163. The second-order valence-corrected chi connectivity index (χ2v) is 4.34. The molecule has 0 aliphatic rings. The molecule has 0 bridgehead atoms. The first kappa shape index (κ1) is 13.9. The lowest BCUT2D eigenvalue weighted by Crippen LogP contribution is -2.32. The number of aliphatic hydroxyl groups is 1. The van der Waals surface area contributed by atoms with E-state index in [0.717, 1.165) is 5.69 Å². The van der Waals surface area contributed by atoms with Crippen LogP contribution in [-0.4, -0.2) is 27.7 Å². The third kappa shape index (κ3) is 3.64. The third-order valence-electron chi connectivity index (χ3n) is 2.83. The predicted octanol–water partition coefficient (Wildman–Crippen LogP) is 0.808. The first-order valence-electron chi connectivity index (χ1n) is 5.94. The lowest BCUT2D eigenvalue weighted by atomic mass is 10.1. The van der Waals surface area contributed by atoms with Crippen molar-refractivity contribution in [2.75, 3.05) is 6.54 Å². The fraction of sp³-hybridized carbons (Fsp3) is 0.667. The first-order chi connectivity index (χ1) is 7.95. The molecule has 0 spiro atoms. The number of aromatic nitrogens is 2. The molecular weight excluding hydrogens is 218 g/mol. The monoisotopic (exact) mass is 239 g/mol. The maximum atomic E-state index is 11.8. The van der Waals surface area contributed by atoms with Crippen LogP contribution < -0.4 is 10.9 Å². The zero-order chi connectivity index (χ0) is 13.0. The average Bonchev–Trinajstić information content (AvgIpc) is 2.24. The van der Waals surface area contributed by atoms with E-state index in [4.69, 9.17) is 0 Å². The van der Waals surface area contributed by atoms with Crippen LogP contribution in [-0.2, 0) is 0 Å². The number of H-pyrrole nitrogens is 1. The van der Waals surface area contributed by atoms with E-state index in [2.05, 4.69) is 15.3 Å². The summed E-state index contributed by atoms with van der Waals surface area (Å²) in [7, 11) is 0. The summed E-state index contributed by atoms with van der Waals surface area (Å²) in [6.45, 7) is 7.88. The van der Waals surface area contributed by atoms with Gasteiger partial charge in [0.1, 0.15) is 5.82 Å². The Bertz CT molecular complexity index is 428. The first-order valence-corrected chi connectivity index (χ1v) is 5.94.